The van der Waals surface area contributed by atoms with E-state index in [4.69, 9.17) is 0 Å². The number of aryl methyl sites for hydroxylation is 1. The van der Waals surface area contributed by atoms with Crippen LogP contribution in [0.1, 0.15) is 4.88 Å². The SMILES string of the molecule is Cc1cncs1.c1ccc(-c2cncs2)cc1. The third kappa shape index (κ3) is 3.76. The third-order valence-electron chi connectivity index (χ3n) is 2.05. The third-order valence-corrected chi connectivity index (χ3v) is 3.57. The van der Waals surface area contributed by atoms with E-state index >= 15 is 0 Å². The Hall–Kier alpha value is -1.52. The van der Waals surface area contributed by atoms with E-state index in [1.807, 2.05) is 48.5 Å². The normalized spacial score (nSPS) is 9.47. The van der Waals surface area contributed by atoms with E-state index < -0.39 is 0 Å². The molecule has 0 unspecified atom stereocenters. The van der Waals surface area contributed by atoms with Crippen molar-refractivity contribution in [2.45, 2.75) is 6.92 Å². The highest BCUT2D eigenvalue weighted by Crippen LogP contribution is 2.21. The highest BCUT2D eigenvalue weighted by Gasteiger charge is 1.95. The van der Waals surface area contributed by atoms with Crippen molar-refractivity contribution in [3.8, 4) is 10.4 Å². The number of hydrogen-bond acceptors (Lipinski definition) is 4. The number of aromatic nitrogens is 2. The summed E-state index contributed by atoms with van der Waals surface area (Å²) >= 11 is 3.33. The molecule has 86 valence electrons. The first-order chi connectivity index (χ1) is 8.36. The fourth-order valence-corrected chi connectivity index (χ4v) is 2.28. The van der Waals surface area contributed by atoms with E-state index in [9.17, 15) is 0 Å². The molecule has 3 rings (SSSR count). The second kappa shape index (κ2) is 6.27. The molecule has 2 heterocycles. The lowest BCUT2D eigenvalue weighted by atomic mass is 10.2. The number of hydrogen-bond donors (Lipinski definition) is 0. The Kier molecular flexibility index (Phi) is 4.41. The number of thiazole rings is 2. The van der Waals surface area contributed by atoms with Gasteiger partial charge < -0.3 is 0 Å². The van der Waals surface area contributed by atoms with Crippen LogP contribution < -0.4 is 0 Å². The molecule has 17 heavy (non-hydrogen) atoms. The Balaban J connectivity index is 0.000000153. The smallest absolute Gasteiger partial charge is 0.0797 e. The molecule has 0 radical (unpaired) electrons. The number of nitrogens with zero attached hydrogens (tertiary/aromatic N) is 2. The topological polar surface area (TPSA) is 25.8 Å². The van der Waals surface area contributed by atoms with Crippen molar-refractivity contribution in [1.29, 1.82) is 0 Å². The molecule has 4 heteroatoms. The molecule has 0 amide bonds. The zero-order valence-corrected chi connectivity index (χ0v) is 11.0. The molecule has 0 saturated heterocycles. The van der Waals surface area contributed by atoms with E-state index in [1.54, 1.807) is 22.7 Å². The maximum absolute atomic E-state index is 4.02. The predicted octanol–water partition coefficient (Wildman–Crippen LogP) is 4.26. The lowest BCUT2D eigenvalue weighted by Crippen LogP contribution is -1.67. The Morgan fingerprint density at radius 2 is 1.59 bits per heavy atom. The van der Waals surface area contributed by atoms with Gasteiger partial charge in [0.15, 0.2) is 0 Å². The van der Waals surface area contributed by atoms with Crippen LogP contribution in [0.3, 0.4) is 0 Å². The minimum atomic E-state index is 1.23. The maximum Gasteiger partial charge on any atom is 0.0797 e. The number of rotatable bonds is 1. The molecular formula is C13H12N2S2. The van der Waals surface area contributed by atoms with Gasteiger partial charge in [0, 0.05) is 17.3 Å². The largest absolute Gasteiger partial charge is 0.253 e. The summed E-state index contributed by atoms with van der Waals surface area (Å²) in [6, 6.07) is 10.3. The molecule has 1 aromatic carbocycles. The summed E-state index contributed by atoms with van der Waals surface area (Å²) in [5.74, 6) is 0. The minimum absolute atomic E-state index is 1.23. The van der Waals surface area contributed by atoms with Gasteiger partial charge in [0.1, 0.15) is 0 Å². The van der Waals surface area contributed by atoms with Gasteiger partial charge in [-0.25, -0.2) is 0 Å². The van der Waals surface area contributed by atoms with Crippen LogP contribution in [0.5, 0.6) is 0 Å². The minimum Gasteiger partial charge on any atom is -0.253 e. The quantitative estimate of drug-likeness (QED) is 0.653. The Morgan fingerprint density at radius 1 is 0.882 bits per heavy atom. The van der Waals surface area contributed by atoms with Crippen LogP contribution in [0, 0.1) is 6.92 Å². The van der Waals surface area contributed by atoms with Gasteiger partial charge in [-0.2, -0.15) is 0 Å². The van der Waals surface area contributed by atoms with Crippen LogP contribution in [0.15, 0.2) is 53.7 Å². The standard InChI is InChI=1S/C9H7NS.C4H5NS/c1-2-4-8(5-3-1)9-6-10-7-11-9;1-4-2-5-3-6-4/h1-7H;2-3H,1H3. The van der Waals surface area contributed by atoms with Crippen molar-refractivity contribution in [3.05, 3.63) is 58.6 Å². The van der Waals surface area contributed by atoms with Gasteiger partial charge >= 0.3 is 0 Å². The molecule has 0 aliphatic carbocycles. The molecule has 3 aromatic rings. The van der Waals surface area contributed by atoms with Crippen LogP contribution >= 0.6 is 22.7 Å². The molecule has 2 aromatic heterocycles. The second-order valence-corrected chi connectivity index (χ2v) is 5.32. The van der Waals surface area contributed by atoms with E-state index in [2.05, 4.69) is 22.1 Å². The molecular weight excluding hydrogens is 248 g/mol. The fourth-order valence-electron chi connectivity index (χ4n) is 1.24. The van der Waals surface area contributed by atoms with Crippen molar-refractivity contribution in [2.75, 3.05) is 0 Å². The first kappa shape index (κ1) is 12.0. The van der Waals surface area contributed by atoms with E-state index in [-0.39, 0.29) is 0 Å². The molecule has 0 spiro atoms. The van der Waals surface area contributed by atoms with Crippen molar-refractivity contribution in [3.63, 3.8) is 0 Å². The zero-order chi connectivity index (χ0) is 11.9. The molecule has 0 aliphatic rings. The van der Waals surface area contributed by atoms with Crippen LogP contribution in [0.4, 0.5) is 0 Å². The van der Waals surface area contributed by atoms with Crippen molar-refractivity contribution >= 4 is 22.7 Å². The van der Waals surface area contributed by atoms with Gasteiger partial charge in [0.25, 0.3) is 0 Å². The predicted molar refractivity (Wildman–Crippen MR) is 74.4 cm³/mol. The second-order valence-electron chi connectivity index (χ2n) is 3.34. The first-order valence-corrected chi connectivity index (χ1v) is 6.91. The average molecular weight is 260 g/mol. The summed E-state index contributed by atoms with van der Waals surface area (Å²) in [4.78, 5) is 10.4. The van der Waals surface area contributed by atoms with E-state index in [0.29, 0.717) is 0 Å². The molecule has 0 fully saturated rings. The lowest BCUT2D eigenvalue weighted by Gasteiger charge is -1.92. The van der Waals surface area contributed by atoms with Gasteiger partial charge in [0.2, 0.25) is 0 Å². The average Bonchev–Trinajstić information content (AvgIpc) is 3.03. The van der Waals surface area contributed by atoms with Crippen LogP contribution in [-0.2, 0) is 0 Å². The van der Waals surface area contributed by atoms with Gasteiger partial charge in [-0.3, -0.25) is 9.97 Å². The van der Waals surface area contributed by atoms with Gasteiger partial charge in [0.05, 0.1) is 15.9 Å². The number of benzene rings is 1. The summed E-state index contributed by atoms with van der Waals surface area (Å²) in [7, 11) is 0. The zero-order valence-electron chi connectivity index (χ0n) is 9.41. The Bertz CT molecular complexity index is 516. The van der Waals surface area contributed by atoms with Crippen molar-refractivity contribution in [2.24, 2.45) is 0 Å². The van der Waals surface area contributed by atoms with Gasteiger partial charge in [-0.1, -0.05) is 30.3 Å². The van der Waals surface area contributed by atoms with E-state index in [1.165, 1.54) is 15.3 Å². The molecule has 0 atom stereocenters. The summed E-state index contributed by atoms with van der Waals surface area (Å²) in [6.45, 7) is 2.04. The van der Waals surface area contributed by atoms with Crippen LogP contribution in [0.25, 0.3) is 10.4 Å². The van der Waals surface area contributed by atoms with Gasteiger partial charge in [-0.05, 0) is 12.5 Å². The van der Waals surface area contributed by atoms with Crippen molar-refractivity contribution < 1.29 is 0 Å². The highest BCUT2D eigenvalue weighted by molar-refractivity contribution is 7.13. The summed E-state index contributed by atoms with van der Waals surface area (Å²) < 4.78 is 0. The summed E-state index contributed by atoms with van der Waals surface area (Å²) in [5.41, 5.74) is 4.92. The highest BCUT2D eigenvalue weighted by atomic mass is 32.1. The summed E-state index contributed by atoms with van der Waals surface area (Å²) in [6.07, 6.45) is 3.74. The van der Waals surface area contributed by atoms with Crippen LogP contribution in [0.2, 0.25) is 0 Å². The Labute approximate surface area is 109 Å². The maximum atomic E-state index is 4.02. The summed E-state index contributed by atoms with van der Waals surface area (Å²) in [5, 5.41) is 0. The van der Waals surface area contributed by atoms with Gasteiger partial charge in [-0.15, -0.1) is 22.7 Å². The van der Waals surface area contributed by atoms with Crippen molar-refractivity contribution in [1.82, 2.24) is 9.97 Å². The molecule has 0 aliphatic heterocycles. The molecule has 0 bridgehead atoms. The fraction of sp³-hybridized carbons (Fsp3) is 0.0769. The Morgan fingerprint density at radius 3 is 2.06 bits per heavy atom. The monoisotopic (exact) mass is 260 g/mol. The molecule has 0 N–H and O–H groups in total. The van der Waals surface area contributed by atoms with E-state index in [0.717, 1.165) is 0 Å². The molecule has 2 nitrogen and oxygen atoms in total. The van der Waals surface area contributed by atoms with Crippen LogP contribution in [-0.4, -0.2) is 9.97 Å². The first-order valence-electron chi connectivity index (χ1n) is 5.15. The molecule has 0 saturated carbocycles. The lowest BCUT2D eigenvalue weighted by molar-refractivity contribution is 1.39.